The summed E-state index contributed by atoms with van der Waals surface area (Å²) < 4.78 is 9.70. The zero-order chi connectivity index (χ0) is 13.5. The van der Waals surface area contributed by atoms with E-state index in [1.165, 1.54) is 7.11 Å². The molecule has 0 amide bonds. The number of halogens is 1. The van der Waals surface area contributed by atoms with Gasteiger partial charge in [0.05, 0.1) is 19.2 Å². The maximum atomic E-state index is 11.1. The van der Waals surface area contributed by atoms with Crippen molar-refractivity contribution in [3.05, 3.63) is 34.9 Å². The quantitative estimate of drug-likeness (QED) is 0.660. The van der Waals surface area contributed by atoms with Crippen molar-refractivity contribution in [2.45, 2.75) is 6.92 Å². The molecule has 5 heteroatoms. The third kappa shape index (κ3) is 3.96. The van der Waals surface area contributed by atoms with E-state index in [4.69, 9.17) is 16.3 Å². The van der Waals surface area contributed by atoms with Gasteiger partial charge in [-0.25, -0.2) is 4.79 Å². The summed E-state index contributed by atoms with van der Waals surface area (Å²) in [6, 6.07) is 5.38. The molecule has 0 fully saturated rings. The first-order chi connectivity index (χ1) is 8.58. The summed E-state index contributed by atoms with van der Waals surface area (Å²) in [6.07, 6.45) is 1.76. The van der Waals surface area contributed by atoms with E-state index in [0.717, 1.165) is 5.69 Å². The maximum Gasteiger partial charge on any atom is 0.333 e. The molecule has 0 heterocycles. The molecule has 0 aromatic heterocycles. The fourth-order valence-corrected chi connectivity index (χ4v) is 1.53. The average Bonchev–Trinajstić information content (AvgIpc) is 2.39. The third-order valence-electron chi connectivity index (χ3n) is 2.37. The monoisotopic (exact) mass is 269 g/mol. The first-order valence-electron chi connectivity index (χ1n) is 5.41. The summed E-state index contributed by atoms with van der Waals surface area (Å²) in [4.78, 5) is 11.1. The van der Waals surface area contributed by atoms with Crippen LogP contribution < -0.4 is 10.1 Å². The van der Waals surface area contributed by atoms with Gasteiger partial charge in [0.15, 0.2) is 0 Å². The van der Waals surface area contributed by atoms with Crippen LogP contribution in [0, 0.1) is 0 Å². The first kappa shape index (κ1) is 14.4. The first-order valence-corrected chi connectivity index (χ1v) is 5.78. The molecule has 18 heavy (non-hydrogen) atoms. The van der Waals surface area contributed by atoms with E-state index < -0.39 is 0 Å². The van der Waals surface area contributed by atoms with E-state index in [1.54, 1.807) is 32.2 Å². The van der Waals surface area contributed by atoms with Crippen molar-refractivity contribution in [3.63, 3.8) is 0 Å². The van der Waals surface area contributed by atoms with Crippen molar-refractivity contribution in [1.82, 2.24) is 0 Å². The van der Waals surface area contributed by atoms with E-state index in [9.17, 15) is 4.79 Å². The van der Waals surface area contributed by atoms with Crippen LogP contribution in [0.2, 0.25) is 5.02 Å². The summed E-state index contributed by atoms with van der Waals surface area (Å²) in [5.74, 6) is 0.279. The zero-order valence-corrected chi connectivity index (χ0v) is 11.4. The molecule has 0 aliphatic carbocycles. The van der Waals surface area contributed by atoms with Gasteiger partial charge in [0.25, 0.3) is 0 Å². The van der Waals surface area contributed by atoms with Crippen molar-refractivity contribution >= 4 is 23.3 Å². The summed E-state index contributed by atoms with van der Waals surface area (Å²) in [6.45, 7) is 2.22. The number of esters is 1. The normalized spacial score (nSPS) is 11.0. The lowest BCUT2D eigenvalue weighted by atomic mass is 10.2. The van der Waals surface area contributed by atoms with Crippen LogP contribution in [0.3, 0.4) is 0 Å². The molecule has 1 aromatic carbocycles. The predicted molar refractivity (Wildman–Crippen MR) is 72.3 cm³/mol. The number of carbonyl (C=O) groups excluding carboxylic acids is 1. The molecule has 0 aliphatic heterocycles. The Morgan fingerprint density at radius 1 is 1.44 bits per heavy atom. The molecule has 98 valence electrons. The molecule has 0 radical (unpaired) electrons. The SMILES string of the molecule is COC(=O)/C(C)=C/CNc1ccc(Cl)c(OC)c1. The molecule has 4 nitrogen and oxygen atoms in total. The van der Waals surface area contributed by atoms with Gasteiger partial charge in [-0.05, 0) is 19.1 Å². The largest absolute Gasteiger partial charge is 0.495 e. The van der Waals surface area contributed by atoms with Crippen LogP contribution in [0.4, 0.5) is 5.69 Å². The highest BCUT2D eigenvalue weighted by Crippen LogP contribution is 2.27. The summed E-state index contributed by atoms with van der Waals surface area (Å²) in [7, 11) is 2.92. The van der Waals surface area contributed by atoms with Crippen LogP contribution in [0.5, 0.6) is 5.75 Å². The Morgan fingerprint density at radius 3 is 2.78 bits per heavy atom. The van der Waals surface area contributed by atoms with Gasteiger partial charge in [-0.15, -0.1) is 0 Å². The second-order valence-electron chi connectivity index (χ2n) is 3.61. The molecule has 1 N–H and O–H groups in total. The standard InChI is InChI=1S/C13H16ClNO3/c1-9(13(16)18-3)6-7-15-10-4-5-11(14)12(8-10)17-2/h4-6,8,15H,7H2,1-3H3/b9-6+. The molecule has 1 aromatic rings. The lowest BCUT2D eigenvalue weighted by molar-refractivity contribution is -0.136. The number of anilines is 1. The Balaban J connectivity index is 2.61. The van der Waals surface area contributed by atoms with Gasteiger partial charge in [0, 0.05) is 23.9 Å². The van der Waals surface area contributed by atoms with Crippen LogP contribution in [-0.4, -0.2) is 26.7 Å². The number of benzene rings is 1. The molecule has 0 saturated carbocycles. The minimum atomic E-state index is -0.328. The molecule has 0 saturated heterocycles. The van der Waals surface area contributed by atoms with Crippen LogP contribution in [0.25, 0.3) is 0 Å². The number of ether oxygens (including phenoxy) is 2. The van der Waals surface area contributed by atoms with Crippen LogP contribution >= 0.6 is 11.6 Å². The van der Waals surface area contributed by atoms with Crippen LogP contribution in [0.1, 0.15) is 6.92 Å². The molecule has 1 rings (SSSR count). The second kappa shape index (κ2) is 6.91. The van der Waals surface area contributed by atoms with E-state index in [1.807, 2.05) is 6.07 Å². The Morgan fingerprint density at radius 2 is 2.17 bits per heavy atom. The average molecular weight is 270 g/mol. The third-order valence-corrected chi connectivity index (χ3v) is 2.69. The van der Waals surface area contributed by atoms with Gasteiger partial charge in [-0.3, -0.25) is 0 Å². The second-order valence-corrected chi connectivity index (χ2v) is 4.02. The van der Waals surface area contributed by atoms with Gasteiger partial charge in [-0.2, -0.15) is 0 Å². The highest BCUT2D eigenvalue weighted by molar-refractivity contribution is 6.32. The molecular weight excluding hydrogens is 254 g/mol. The lowest BCUT2D eigenvalue weighted by Crippen LogP contribution is -2.05. The van der Waals surface area contributed by atoms with Crippen molar-refractivity contribution < 1.29 is 14.3 Å². The van der Waals surface area contributed by atoms with Gasteiger partial charge in [0.2, 0.25) is 0 Å². The minimum Gasteiger partial charge on any atom is -0.495 e. The summed E-state index contributed by atoms with van der Waals surface area (Å²) in [5, 5.41) is 3.69. The molecule has 0 spiro atoms. The molecule has 0 bridgehead atoms. The number of methoxy groups -OCH3 is 2. The Labute approximate surface area is 112 Å². The fraction of sp³-hybridized carbons (Fsp3) is 0.308. The Bertz CT molecular complexity index is 458. The summed E-state index contributed by atoms with van der Waals surface area (Å²) >= 11 is 5.92. The smallest absolute Gasteiger partial charge is 0.333 e. The Kier molecular flexibility index (Phi) is 5.52. The maximum absolute atomic E-state index is 11.1. The Hall–Kier alpha value is -1.68. The highest BCUT2D eigenvalue weighted by atomic mass is 35.5. The van der Waals surface area contributed by atoms with Crippen molar-refractivity contribution in [2.24, 2.45) is 0 Å². The van der Waals surface area contributed by atoms with Gasteiger partial charge in [-0.1, -0.05) is 17.7 Å². The lowest BCUT2D eigenvalue weighted by Gasteiger charge is -2.08. The van der Waals surface area contributed by atoms with Crippen LogP contribution in [0.15, 0.2) is 29.8 Å². The molecule has 0 unspecified atom stereocenters. The van der Waals surface area contributed by atoms with Gasteiger partial charge in [0.1, 0.15) is 5.75 Å². The molecular formula is C13H16ClNO3. The van der Waals surface area contributed by atoms with E-state index in [-0.39, 0.29) is 5.97 Å². The minimum absolute atomic E-state index is 0.328. The number of rotatable bonds is 5. The van der Waals surface area contributed by atoms with Crippen molar-refractivity contribution in [1.29, 1.82) is 0 Å². The van der Waals surface area contributed by atoms with E-state index in [2.05, 4.69) is 10.1 Å². The predicted octanol–water partition coefficient (Wildman–Crippen LogP) is 2.88. The number of hydrogen-bond acceptors (Lipinski definition) is 4. The molecule has 0 atom stereocenters. The number of hydrogen-bond donors (Lipinski definition) is 1. The van der Waals surface area contributed by atoms with E-state index >= 15 is 0 Å². The number of carbonyl (C=O) groups is 1. The number of nitrogens with one attached hydrogen (secondary N) is 1. The van der Waals surface area contributed by atoms with Crippen molar-refractivity contribution in [3.8, 4) is 5.75 Å². The topological polar surface area (TPSA) is 47.6 Å². The van der Waals surface area contributed by atoms with Gasteiger partial charge >= 0.3 is 5.97 Å². The van der Waals surface area contributed by atoms with Gasteiger partial charge < -0.3 is 14.8 Å². The highest BCUT2D eigenvalue weighted by Gasteiger charge is 2.03. The van der Waals surface area contributed by atoms with Crippen LogP contribution in [-0.2, 0) is 9.53 Å². The fourth-order valence-electron chi connectivity index (χ4n) is 1.34. The zero-order valence-electron chi connectivity index (χ0n) is 10.6. The van der Waals surface area contributed by atoms with E-state index in [0.29, 0.717) is 22.9 Å². The summed E-state index contributed by atoms with van der Waals surface area (Å²) in [5.41, 5.74) is 1.43. The molecule has 0 aliphatic rings. The van der Waals surface area contributed by atoms with Crippen molar-refractivity contribution in [2.75, 3.05) is 26.1 Å².